The van der Waals surface area contributed by atoms with Gasteiger partial charge in [-0.2, -0.15) is 0 Å². The Labute approximate surface area is 141 Å². The summed E-state index contributed by atoms with van der Waals surface area (Å²) in [6, 6.07) is 10.4. The van der Waals surface area contributed by atoms with E-state index in [2.05, 4.69) is 32.1 Å². The molecule has 0 bridgehead atoms. The zero-order valence-electron chi connectivity index (χ0n) is 12.6. The van der Waals surface area contributed by atoms with Crippen LogP contribution >= 0.6 is 11.3 Å². The maximum atomic E-state index is 4.57. The number of hydrogen-bond acceptors (Lipinski definition) is 4. The van der Waals surface area contributed by atoms with E-state index >= 15 is 0 Å². The second-order valence-corrected chi connectivity index (χ2v) is 6.67. The molecule has 5 aromatic heterocycles. The van der Waals surface area contributed by atoms with Crippen molar-refractivity contribution in [3.63, 3.8) is 0 Å². The fraction of sp³-hybridized carbons (Fsp3) is 0. The van der Waals surface area contributed by atoms with E-state index in [1.807, 2.05) is 49.2 Å². The number of nitrogens with zero attached hydrogens (tertiary/aromatic N) is 3. The lowest BCUT2D eigenvalue weighted by Gasteiger charge is -2.01. The molecule has 5 rings (SSSR count). The van der Waals surface area contributed by atoms with Crippen LogP contribution in [0, 0.1) is 0 Å². The molecule has 0 fully saturated rings. The van der Waals surface area contributed by atoms with Crippen LogP contribution < -0.4 is 0 Å². The van der Waals surface area contributed by atoms with Crippen LogP contribution in [0.2, 0.25) is 0 Å². The smallest absolute Gasteiger partial charge is 0.137 e. The Morgan fingerprint density at radius 1 is 0.917 bits per heavy atom. The number of H-pyrrole nitrogens is 1. The zero-order valence-corrected chi connectivity index (χ0v) is 13.4. The molecular formula is C19H12N4S. The van der Waals surface area contributed by atoms with Crippen LogP contribution in [0.4, 0.5) is 0 Å². The topological polar surface area (TPSA) is 54.5 Å². The zero-order chi connectivity index (χ0) is 15.9. The van der Waals surface area contributed by atoms with E-state index < -0.39 is 0 Å². The lowest BCUT2D eigenvalue weighted by atomic mass is 10.1. The van der Waals surface area contributed by atoms with Crippen molar-refractivity contribution in [3.8, 4) is 21.6 Å². The van der Waals surface area contributed by atoms with Gasteiger partial charge in [0, 0.05) is 64.1 Å². The van der Waals surface area contributed by atoms with Crippen molar-refractivity contribution in [2.75, 3.05) is 0 Å². The van der Waals surface area contributed by atoms with Gasteiger partial charge in [0.2, 0.25) is 0 Å². The van der Waals surface area contributed by atoms with Crippen molar-refractivity contribution >= 4 is 32.5 Å². The molecule has 0 spiro atoms. The summed E-state index contributed by atoms with van der Waals surface area (Å²) in [5, 5.41) is 2.34. The summed E-state index contributed by atoms with van der Waals surface area (Å²) in [7, 11) is 0. The minimum Gasteiger partial charge on any atom is -0.345 e. The van der Waals surface area contributed by atoms with Gasteiger partial charge in [-0.15, -0.1) is 11.3 Å². The first-order chi connectivity index (χ1) is 11.9. The highest BCUT2D eigenvalue weighted by Gasteiger charge is 2.11. The van der Waals surface area contributed by atoms with Gasteiger partial charge in [-0.25, -0.2) is 4.98 Å². The Bertz CT molecular complexity index is 1120. The maximum Gasteiger partial charge on any atom is 0.137 e. The molecule has 0 saturated carbocycles. The van der Waals surface area contributed by atoms with Crippen LogP contribution in [0.1, 0.15) is 0 Å². The van der Waals surface area contributed by atoms with E-state index in [1.54, 1.807) is 17.5 Å². The number of hydrogen-bond donors (Lipinski definition) is 1. The summed E-state index contributed by atoms with van der Waals surface area (Å²) in [6.07, 6.45) is 11.3. The molecule has 24 heavy (non-hydrogen) atoms. The third kappa shape index (κ3) is 2.10. The summed E-state index contributed by atoms with van der Waals surface area (Å²) in [6.45, 7) is 0. The number of aromatic amines is 1. The number of rotatable bonds is 2. The third-order valence-electron chi connectivity index (χ3n) is 4.11. The molecular weight excluding hydrogens is 316 g/mol. The van der Waals surface area contributed by atoms with Gasteiger partial charge in [0.25, 0.3) is 0 Å². The predicted octanol–water partition coefficient (Wildman–Crippen LogP) is 4.90. The number of aromatic nitrogens is 4. The Morgan fingerprint density at radius 3 is 2.75 bits per heavy atom. The number of fused-ring (bicyclic) bond motifs is 2. The van der Waals surface area contributed by atoms with Gasteiger partial charge in [0.15, 0.2) is 0 Å². The van der Waals surface area contributed by atoms with Crippen LogP contribution in [0.5, 0.6) is 0 Å². The predicted molar refractivity (Wildman–Crippen MR) is 97.9 cm³/mol. The Hall–Kier alpha value is -3.05. The van der Waals surface area contributed by atoms with Gasteiger partial charge >= 0.3 is 0 Å². The third-order valence-corrected chi connectivity index (χ3v) is 5.23. The highest BCUT2D eigenvalue weighted by molar-refractivity contribution is 7.22. The van der Waals surface area contributed by atoms with Crippen molar-refractivity contribution < 1.29 is 0 Å². The van der Waals surface area contributed by atoms with Crippen molar-refractivity contribution in [1.82, 2.24) is 19.9 Å². The van der Waals surface area contributed by atoms with E-state index in [0.29, 0.717) is 0 Å². The molecule has 5 heterocycles. The summed E-state index contributed by atoms with van der Waals surface area (Å²) in [5.41, 5.74) is 4.21. The molecule has 0 aliphatic rings. The highest BCUT2D eigenvalue weighted by atomic mass is 32.1. The van der Waals surface area contributed by atoms with Crippen LogP contribution in [0.25, 0.3) is 42.7 Å². The molecule has 4 nitrogen and oxygen atoms in total. The van der Waals surface area contributed by atoms with Gasteiger partial charge in [0.05, 0.1) is 4.70 Å². The second kappa shape index (κ2) is 5.25. The Morgan fingerprint density at radius 2 is 1.88 bits per heavy atom. The van der Waals surface area contributed by atoms with Crippen LogP contribution in [-0.4, -0.2) is 19.9 Å². The van der Waals surface area contributed by atoms with E-state index in [9.17, 15) is 0 Å². The Balaban J connectivity index is 1.71. The molecule has 0 aliphatic heterocycles. The molecule has 1 N–H and O–H groups in total. The average Bonchev–Trinajstić information content (AvgIpc) is 3.25. The molecule has 5 heteroatoms. The minimum atomic E-state index is 0.897. The molecule has 0 saturated heterocycles. The van der Waals surface area contributed by atoms with Crippen LogP contribution in [0.15, 0.2) is 67.5 Å². The SMILES string of the molecule is c1cncc(-c2cnc3[nH]cc(-c4cc5ccncc5s4)c3c2)c1. The lowest BCUT2D eigenvalue weighted by molar-refractivity contribution is 1.30. The highest BCUT2D eigenvalue weighted by Crippen LogP contribution is 2.37. The maximum absolute atomic E-state index is 4.57. The van der Waals surface area contributed by atoms with Crippen molar-refractivity contribution in [2.24, 2.45) is 0 Å². The van der Waals surface area contributed by atoms with E-state index in [1.165, 1.54) is 20.5 Å². The first kappa shape index (κ1) is 13.4. The van der Waals surface area contributed by atoms with Crippen LogP contribution in [-0.2, 0) is 0 Å². The van der Waals surface area contributed by atoms with Gasteiger partial charge in [-0.05, 0) is 29.7 Å². The van der Waals surface area contributed by atoms with Gasteiger partial charge < -0.3 is 4.98 Å². The quantitative estimate of drug-likeness (QED) is 0.501. The molecule has 0 amide bonds. The standard InChI is InChI=1S/C19H12N4S/c1-2-13(8-20-4-1)14-6-15-16(10-23-19(15)22-9-14)17-7-12-3-5-21-11-18(12)24-17/h1-11H,(H,22,23). The summed E-state index contributed by atoms with van der Waals surface area (Å²) in [4.78, 5) is 17.5. The molecule has 0 unspecified atom stereocenters. The van der Waals surface area contributed by atoms with E-state index in [4.69, 9.17) is 0 Å². The number of pyridine rings is 3. The average molecular weight is 328 g/mol. The summed E-state index contributed by atoms with van der Waals surface area (Å²) >= 11 is 1.75. The largest absolute Gasteiger partial charge is 0.345 e. The number of thiophene rings is 1. The fourth-order valence-electron chi connectivity index (χ4n) is 2.92. The van der Waals surface area contributed by atoms with Crippen molar-refractivity contribution in [1.29, 1.82) is 0 Å². The van der Waals surface area contributed by atoms with Crippen molar-refractivity contribution in [3.05, 3.63) is 67.5 Å². The van der Waals surface area contributed by atoms with E-state index in [0.717, 1.165) is 22.2 Å². The van der Waals surface area contributed by atoms with Gasteiger partial charge in [0.1, 0.15) is 5.65 Å². The Kier molecular flexibility index (Phi) is 2.93. The lowest BCUT2D eigenvalue weighted by Crippen LogP contribution is -1.82. The first-order valence-electron chi connectivity index (χ1n) is 7.60. The summed E-state index contributed by atoms with van der Waals surface area (Å²) < 4.78 is 1.19. The molecule has 5 aromatic rings. The fourth-order valence-corrected chi connectivity index (χ4v) is 3.98. The molecule has 0 atom stereocenters. The first-order valence-corrected chi connectivity index (χ1v) is 8.41. The van der Waals surface area contributed by atoms with Gasteiger partial charge in [-0.1, -0.05) is 6.07 Å². The second-order valence-electron chi connectivity index (χ2n) is 5.59. The number of nitrogens with one attached hydrogen (secondary N) is 1. The van der Waals surface area contributed by atoms with Crippen LogP contribution in [0.3, 0.4) is 0 Å². The van der Waals surface area contributed by atoms with Crippen molar-refractivity contribution in [2.45, 2.75) is 0 Å². The molecule has 0 aromatic carbocycles. The molecule has 0 radical (unpaired) electrons. The minimum absolute atomic E-state index is 0.897. The molecule has 114 valence electrons. The summed E-state index contributed by atoms with van der Waals surface area (Å²) in [5.74, 6) is 0. The monoisotopic (exact) mass is 328 g/mol. The normalized spacial score (nSPS) is 11.3. The molecule has 0 aliphatic carbocycles. The van der Waals surface area contributed by atoms with Gasteiger partial charge in [-0.3, -0.25) is 9.97 Å². The van der Waals surface area contributed by atoms with E-state index in [-0.39, 0.29) is 0 Å².